The van der Waals surface area contributed by atoms with E-state index in [4.69, 9.17) is 15.0 Å². The molecule has 20 heavy (non-hydrogen) atoms. The van der Waals surface area contributed by atoms with E-state index in [0.29, 0.717) is 36.2 Å². The number of nitrogens with one attached hydrogen (secondary N) is 1. The van der Waals surface area contributed by atoms with Crippen molar-refractivity contribution in [2.45, 2.75) is 32.8 Å². The van der Waals surface area contributed by atoms with Gasteiger partial charge in [-0.1, -0.05) is 5.16 Å². The first-order valence-electron chi connectivity index (χ1n) is 6.39. The van der Waals surface area contributed by atoms with E-state index in [1.54, 1.807) is 12.1 Å². The van der Waals surface area contributed by atoms with E-state index in [1.165, 1.54) is 6.33 Å². The Hall–Kier alpha value is -2.31. The van der Waals surface area contributed by atoms with Gasteiger partial charge in [-0.25, -0.2) is 0 Å². The van der Waals surface area contributed by atoms with Gasteiger partial charge in [0, 0.05) is 13.0 Å². The molecular weight excluding hydrogens is 258 g/mol. The molecule has 2 rings (SSSR count). The second-order valence-electron chi connectivity index (χ2n) is 5.32. The van der Waals surface area contributed by atoms with Crippen LogP contribution in [0.4, 0.5) is 11.5 Å². The van der Waals surface area contributed by atoms with Crippen LogP contribution in [0.1, 0.15) is 26.7 Å². The summed E-state index contributed by atoms with van der Waals surface area (Å²) in [6.07, 6.45) is 2.01. The SMILES string of the molecule is CC(C)(C)Oc1nc(NCCc2ncno2)ccc1N. The molecule has 3 N–H and O–H groups in total. The van der Waals surface area contributed by atoms with Crippen molar-refractivity contribution in [1.82, 2.24) is 15.1 Å². The maximum absolute atomic E-state index is 5.85. The monoisotopic (exact) mass is 277 g/mol. The fraction of sp³-hybridized carbons (Fsp3) is 0.462. The molecule has 0 saturated carbocycles. The lowest BCUT2D eigenvalue weighted by Crippen LogP contribution is -2.24. The summed E-state index contributed by atoms with van der Waals surface area (Å²) in [4.78, 5) is 8.30. The van der Waals surface area contributed by atoms with Crippen LogP contribution in [0.15, 0.2) is 23.0 Å². The molecule has 0 bridgehead atoms. The molecule has 0 atom stereocenters. The number of nitrogens with two attached hydrogens (primary N) is 1. The highest BCUT2D eigenvalue weighted by molar-refractivity contribution is 5.53. The van der Waals surface area contributed by atoms with Crippen molar-refractivity contribution in [1.29, 1.82) is 0 Å². The summed E-state index contributed by atoms with van der Waals surface area (Å²) in [6, 6.07) is 3.57. The fourth-order valence-electron chi connectivity index (χ4n) is 1.53. The van der Waals surface area contributed by atoms with Crippen molar-refractivity contribution in [3.05, 3.63) is 24.4 Å². The first-order chi connectivity index (χ1) is 9.44. The molecule has 0 aliphatic heterocycles. The summed E-state index contributed by atoms with van der Waals surface area (Å²) < 4.78 is 10.6. The third-order valence-corrected chi connectivity index (χ3v) is 2.34. The van der Waals surface area contributed by atoms with Crippen LogP contribution in [-0.4, -0.2) is 27.3 Å². The minimum atomic E-state index is -0.344. The van der Waals surface area contributed by atoms with Gasteiger partial charge in [0.25, 0.3) is 0 Å². The second-order valence-corrected chi connectivity index (χ2v) is 5.32. The van der Waals surface area contributed by atoms with E-state index < -0.39 is 0 Å². The molecule has 108 valence electrons. The lowest BCUT2D eigenvalue weighted by atomic mass is 10.2. The van der Waals surface area contributed by atoms with Crippen LogP contribution in [0.5, 0.6) is 5.88 Å². The van der Waals surface area contributed by atoms with Crippen molar-refractivity contribution < 1.29 is 9.26 Å². The first kappa shape index (κ1) is 14.1. The number of hydrogen-bond acceptors (Lipinski definition) is 7. The molecule has 0 aliphatic carbocycles. The molecule has 2 aromatic rings. The first-order valence-corrected chi connectivity index (χ1v) is 6.39. The highest BCUT2D eigenvalue weighted by Crippen LogP contribution is 2.24. The van der Waals surface area contributed by atoms with Crippen LogP contribution in [0.3, 0.4) is 0 Å². The van der Waals surface area contributed by atoms with Crippen LogP contribution in [0.2, 0.25) is 0 Å². The lowest BCUT2D eigenvalue weighted by molar-refractivity contribution is 0.125. The van der Waals surface area contributed by atoms with E-state index in [2.05, 4.69) is 20.4 Å². The average molecular weight is 277 g/mol. The van der Waals surface area contributed by atoms with Gasteiger partial charge in [0.15, 0.2) is 6.33 Å². The number of nitrogens with zero attached hydrogens (tertiary/aromatic N) is 3. The van der Waals surface area contributed by atoms with Gasteiger partial charge >= 0.3 is 0 Å². The van der Waals surface area contributed by atoms with Gasteiger partial charge < -0.3 is 20.3 Å². The van der Waals surface area contributed by atoms with Crippen LogP contribution < -0.4 is 15.8 Å². The summed E-state index contributed by atoms with van der Waals surface area (Å²) >= 11 is 0. The van der Waals surface area contributed by atoms with Crippen LogP contribution in [0.25, 0.3) is 0 Å². The molecule has 2 aromatic heterocycles. The largest absolute Gasteiger partial charge is 0.470 e. The van der Waals surface area contributed by atoms with E-state index in [9.17, 15) is 0 Å². The quantitative estimate of drug-likeness (QED) is 0.860. The number of aromatic nitrogens is 3. The normalized spacial score (nSPS) is 11.3. The molecule has 0 aliphatic rings. The molecule has 0 radical (unpaired) electrons. The maximum Gasteiger partial charge on any atom is 0.239 e. The predicted molar refractivity (Wildman–Crippen MR) is 75.5 cm³/mol. The maximum atomic E-state index is 5.85. The smallest absolute Gasteiger partial charge is 0.239 e. The zero-order chi connectivity index (χ0) is 14.6. The second kappa shape index (κ2) is 5.77. The molecule has 7 heteroatoms. The Morgan fingerprint density at radius 3 is 2.80 bits per heavy atom. The highest BCUT2D eigenvalue weighted by Gasteiger charge is 2.15. The molecule has 0 saturated heterocycles. The summed E-state index contributed by atoms with van der Waals surface area (Å²) in [5.74, 6) is 1.71. The molecular formula is C13H19N5O2. The number of anilines is 2. The van der Waals surface area contributed by atoms with Crippen molar-refractivity contribution in [3.8, 4) is 5.88 Å². The summed E-state index contributed by atoms with van der Waals surface area (Å²) in [5.41, 5.74) is 6.03. The fourth-order valence-corrected chi connectivity index (χ4v) is 1.53. The minimum Gasteiger partial charge on any atom is -0.470 e. The van der Waals surface area contributed by atoms with Gasteiger partial charge in [-0.3, -0.25) is 0 Å². The van der Waals surface area contributed by atoms with Gasteiger partial charge in [-0.05, 0) is 32.9 Å². The van der Waals surface area contributed by atoms with Crippen LogP contribution in [0, 0.1) is 0 Å². The Morgan fingerprint density at radius 1 is 1.35 bits per heavy atom. The van der Waals surface area contributed by atoms with E-state index in [-0.39, 0.29) is 5.60 Å². The highest BCUT2D eigenvalue weighted by atomic mass is 16.5. The molecule has 0 amide bonds. The molecule has 0 fully saturated rings. The van der Waals surface area contributed by atoms with Crippen LogP contribution in [-0.2, 0) is 6.42 Å². The number of ether oxygens (including phenoxy) is 1. The van der Waals surface area contributed by atoms with E-state index in [1.807, 2.05) is 20.8 Å². The van der Waals surface area contributed by atoms with Gasteiger partial charge in [0.2, 0.25) is 11.8 Å². The van der Waals surface area contributed by atoms with Gasteiger partial charge in [0.05, 0.1) is 5.69 Å². The standard InChI is InChI=1S/C13H19N5O2/c1-13(2,3)19-12-9(14)4-5-10(18-12)15-7-6-11-16-8-17-20-11/h4-5,8H,6-7,14H2,1-3H3,(H,15,18). The zero-order valence-corrected chi connectivity index (χ0v) is 11.9. The van der Waals surface area contributed by atoms with E-state index >= 15 is 0 Å². The average Bonchev–Trinajstić information content (AvgIpc) is 2.84. The number of pyridine rings is 1. The molecule has 0 aromatic carbocycles. The van der Waals surface area contributed by atoms with Crippen molar-refractivity contribution >= 4 is 11.5 Å². The van der Waals surface area contributed by atoms with Gasteiger partial charge in [-0.2, -0.15) is 9.97 Å². The number of hydrogen-bond donors (Lipinski definition) is 2. The Kier molecular flexibility index (Phi) is 4.07. The zero-order valence-electron chi connectivity index (χ0n) is 11.9. The number of rotatable bonds is 5. The lowest BCUT2D eigenvalue weighted by Gasteiger charge is -2.21. The third-order valence-electron chi connectivity index (χ3n) is 2.34. The van der Waals surface area contributed by atoms with Crippen molar-refractivity contribution in [2.75, 3.05) is 17.6 Å². The Labute approximate surface area is 117 Å². The molecule has 2 heterocycles. The predicted octanol–water partition coefficient (Wildman–Crippen LogP) is 1.88. The van der Waals surface area contributed by atoms with E-state index in [0.717, 1.165) is 0 Å². The van der Waals surface area contributed by atoms with Crippen LogP contribution >= 0.6 is 0 Å². The Bertz CT molecular complexity index is 548. The Morgan fingerprint density at radius 2 is 2.15 bits per heavy atom. The van der Waals surface area contributed by atoms with Gasteiger partial charge in [0.1, 0.15) is 11.4 Å². The summed E-state index contributed by atoms with van der Waals surface area (Å²) in [6.45, 7) is 6.48. The van der Waals surface area contributed by atoms with Crippen molar-refractivity contribution in [2.24, 2.45) is 0 Å². The van der Waals surface area contributed by atoms with Gasteiger partial charge in [-0.15, -0.1) is 0 Å². The number of nitrogen functional groups attached to an aromatic ring is 1. The minimum absolute atomic E-state index is 0.344. The Balaban J connectivity index is 1.96. The topological polar surface area (TPSA) is 99.1 Å². The van der Waals surface area contributed by atoms with Crippen molar-refractivity contribution in [3.63, 3.8) is 0 Å². The molecule has 0 unspecified atom stereocenters. The summed E-state index contributed by atoms with van der Waals surface area (Å²) in [5, 5.41) is 6.71. The third kappa shape index (κ3) is 4.11. The molecule has 7 nitrogen and oxygen atoms in total. The summed E-state index contributed by atoms with van der Waals surface area (Å²) in [7, 11) is 0. The molecule has 0 spiro atoms.